The second-order valence-electron chi connectivity index (χ2n) is 2.27. The zero-order valence-electron chi connectivity index (χ0n) is 6.67. The lowest BCUT2D eigenvalue weighted by Crippen LogP contribution is -1.98. The molecule has 0 aliphatic carbocycles. The molecule has 1 N–H and O–H groups in total. The van der Waals surface area contributed by atoms with Crippen LogP contribution in [0.1, 0.15) is 10.4 Å². The van der Waals surface area contributed by atoms with Gasteiger partial charge in [-0.1, -0.05) is 11.6 Å². The molecule has 0 unspecified atom stereocenters. The van der Waals surface area contributed by atoms with Crippen LogP contribution in [0.5, 0.6) is 0 Å². The van der Waals surface area contributed by atoms with Gasteiger partial charge in [0.25, 0.3) is 0 Å². The van der Waals surface area contributed by atoms with Gasteiger partial charge in [-0.25, -0.2) is 4.79 Å². The molecule has 1 aromatic carbocycles. The standard InChI is InChI=1S/C8H6BrClO2S/c1-13-4-2-5(9)7(8(11)12)6(10)3-4/h2-3H,1H3,(H,11,12). The highest BCUT2D eigenvalue weighted by molar-refractivity contribution is 9.10. The van der Waals surface area contributed by atoms with Crippen molar-refractivity contribution in [1.82, 2.24) is 0 Å². The molecule has 13 heavy (non-hydrogen) atoms. The van der Waals surface area contributed by atoms with Crippen LogP contribution in [0.4, 0.5) is 0 Å². The Morgan fingerprint density at radius 1 is 1.62 bits per heavy atom. The normalized spacial score (nSPS) is 10.1. The van der Waals surface area contributed by atoms with E-state index < -0.39 is 5.97 Å². The number of carbonyl (C=O) groups is 1. The predicted octanol–water partition coefficient (Wildman–Crippen LogP) is 3.52. The van der Waals surface area contributed by atoms with E-state index in [-0.39, 0.29) is 10.6 Å². The molecule has 0 fully saturated rings. The summed E-state index contributed by atoms with van der Waals surface area (Å²) in [5.41, 5.74) is 0.111. The molecule has 5 heteroatoms. The van der Waals surface area contributed by atoms with Crippen LogP contribution in [-0.4, -0.2) is 17.3 Å². The van der Waals surface area contributed by atoms with Crippen molar-refractivity contribution in [2.75, 3.05) is 6.26 Å². The minimum Gasteiger partial charge on any atom is -0.478 e. The fourth-order valence-corrected chi connectivity index (χ4v) is 2.60. The van der Waals surface area contributed by atoms with E-state index in [0.29, 0.717) is 4.47 Å². The largest absolute Gasteiger partial charge is 0.478 e. The van der Waals surface area contributed by atoms with Gasteiger partial charge in [-0.2, -0.15) is 0 Å². The van der Waals surface area contributed by atoms with Gasteiger partial charge in [0.15, 0.2) is 0 Å². The predicted molar refractivity (Wildman–Crippen MR) is 57.9 cm³/mol. The summed E-state index contributed by atoms with van der Waals surface area (Å²) in [6, 6.07) is 3.38. The van der Waals surface area contributed by atoms with Gasteiger partial charge in [-0.3, -0.25) is 0 Å². The first-order valence-corrected chi connectivity index (χ1v) is 5.72. The highest BCUT2D eigenvalue weighted by Crippen LogP contribution is 2.30. The molecule has 0 spiro atoms. The summed E-state index contributed by atoms with van der Waals surface area (Å²) in [6.07, 6.45) is 1.90. The highest BCUT2D eigenvalue weighted by atomic mass is 79.9. The highest BCUT2D eigenvalue weighted by Gasteiger charge is 2.13. The smallest absolute Gasteiger partial charge is 0.338 e. The maximum atomic E-state index is 10.7. The van der Waals surface area contributed by atoms with Gasteiger partial charge in [0.2, 0.25) is 0 Å². The summed E-state index contributed by atoms with van der Waals surface area (Å²) in [7, 11) is 0. The van der Waals surface area contributed by atoms with Crippen molar-refractivity contribution >= 4 is 45.3 Å². The average Bonchev–Trinajstić information content (AvgIpc) is 2.02. The molecule has 0 amide bonds. The van der Waals surface area contributed by atoms with Crippen molar-refractivity contribution < 1.29 is 9.90 Å². The zero-order chi connectivity index (χ0) is 10.0. The van der Waals surface area contributed by atoms with Gasteiger partial charge in [0, 0.05) is 9.37 Å². The van der Waals surface area contributed by atoms with Gasteiger partial charge in [0.1, 0.15) is 0 Å². The Morgan fingerprint density at radius 2 is 2.23 bits per heavy atom. The van der Waals surface area contributed by atoms with E-state index in [0.717, 1.165) is 4.90 Å². The minimum absolute atomic E-state index is 0.111. The Morgan fingerprint density at radius 3 is 2.62 bits per heavy atom. The third-order valence-electron chi connectivity index (χ3n) is 1.47. The lowest BCUT2D eigenvalue weighted by Gasteiger charge is -2.04. The van der Waals surface area contributed by atoms with Crippen LogP contribution >= 0.6 is 39.3 Å². The molecule has 0 aliphatic rings. The van der Waals surface area contributed by atoms with Crippen molar-refractivity contribution in [3.8, 4) is 0 Å². The maximum Gasteiger partial charge on any atom is 0.338 e. The van der Waals surface area contributed by atoms with Crippen LogP contribution in [0.25, 0.3) is 0 Å². The third-order valence-corrected chi connectivity index (χ3v) is 3.10. The van der Waals surface area contributed by atoms with Crippen LogP contribution in [0.15, 0.2) is 21.5 Å². The van der Waals surface area contributed by atoms with Gasteiger partial charge >= 0.3 is 5.97 Å². The van der Waals surface area contributed by atoms with Gasteiger partial charge in [0.05, 0.1) is 10.6 Å². The number of thioether (sulfide) groups is 1. The Bertz CT molecular complexity index is 331. The Labute approximate surface area is 93.4 Å². The molecule has 1 rings (SSSR count). The van der Waals surface area contributed by atoms with Crippen LogP contribution < -0.4 is 0 Å². The van der Waals surface area contributed by atoms with E-state index in [1.165, 1.54) is 11.8 Å². The number of rotatable bonds is 2. The molecule has 0 bridgehead atoms. The molecule has 0 saturated heterocycles. The summed E-state index contributed by atoms with van der Waals surface area (Å²) in [4.78, 5) is 11.7. The van der Waals surface area contributed by atoms with E-state index in [2.05, 4.69) is 15.9 Å². The fraction of sp³-hybridized carbons (Fsp3) is 0.125. The molecule has 0 aromatic heterocycles. The SMILES string of the molecule is CSc1cc(Cl)c(C(=O)O)c(Br)c1. The molecule has 2 nitrogen and oxygen atoms in total. The summed E-state index contributed by atoms with van der Waals surface area (Å²) in [5.74, 6) is -1.02. The Hall–Kier alpha value is -0.190. The van der Waals surface area contributed by atoms with Crippen LogP contribution in [-0.2, 0) is 0 Å². The minimum atomic E-state index is -1.02. The van der Waals surface area contributed by atoms with Gasteiger partial charge < -0.3 is 5.11 Å². The van der Waals surface area contributed by atoms with Crippen molar-refractivity contribution in [1.29, 1.82) is 0 Å². The van der Waals surface area contributed by atoms with E-state index in [4.69, 9.17) is 16.7 Å². The number of hydrogen-bond donors (Lipinski definition) is 1. The summed E-state index contributed by atoms with van der Waals surface area (Å²) in [6.45, 7) is 0. The first kappa shape index (κ1) is 10.9. The fourth-order valence-electron chi connectivity index (χ4n) is 0.872. The molecule has 0 saturated carbocycles. The average molecular weight is 282 g/mol. The van der Waals surface area contributed by atoms with Crippen molar-refractivity contribution in [3.63, 3.8) is 0 Å². The van der Waals surface area contributed by atoms with E-state index in [9.17, 15) is 4.79 Å². The second kappa shape index (κ2) is 4.35. The maximum absolute atomic E-state index is 10.7. The number of benzene rings is 1. The molecular weight excluding hydrogens is 276 g/mol. The molecule has 1 aromatic rings. The molecule has 0 radical (unpaired) electrons. The molecule has 0 heterocycles. The number of aromatic carboxylic acids is 1. The van der Waals surface area contributed by atoms with E-state index in [1.54, 1.807) is 12.1 Å². The number of hydrogen-bond acceptors (Lipinski definition) is 2. The van der Waals surface area contributed by atoms with Crippen molar-refractivity contribution in [2.24, 2.45) is 0 Å². The lowest BCUT2D eigenvalue weighted by molar-refractivity contribution is 0.0696. The van der Waals surface area contributed by atoms with E-state index in [1.807, 2.05) is 6.26 Å². The van der Waals surface area contributed by atoms with Crippen molar-refractivity contribution in [3.05, 3.63) is 27.2 Å². The quantitative estimate of drug-likeness (QED) is 0.843. The number of halogens is 2. The van der Waals surface area contributed by atoms with E-state index >= 15 is 0 Å². The molecule has 0 atom stereocenters. The van der Waals surface area contributed by atoms with Gasteiger partial charge in [-0.15, -0.1) is 11.8 Å². The summed E-state index contributed by atoms with van der Waals surface area (Å²) in [5, 5.41) is 9.04. The van der Waals surface area contributed by atoms with Gasteiger partial charge in [-0.05, 0) is 34.3 Å². The zero-order valence-corrected chi connectivity index (χ0v) is 9.83. The second-order valence-corrected chi connectivity index (χ2v) is 4.41. The first-order valence-electron chi connectivity index (χ1n) is 3.32. The lowest BCUT2D eigenvalue weighted by atomic mass is 10.2. The Kier molecular flexibility index (Phi) is 3.64. The summed E-state index contributed by atoms with van der Waals surface area (Å²) < 4.78 is 0.511. The topological polar surface area (TPSA) is 37.3 Å². The van der Waals surface area contributed by atoms with Crippen molar-refractivity contribution in [2.45, 2.75) is 4.90 Å². The van der Waals surface area contributed by atoms with Crippen LogP contribution in [0, 0.1) is 0 Å². The monoisotopic (exact) mass is 280 g/mol. The molecule has 0 aliphatic heterocycles. The molecule has 70 valence electrons. The third kappa shape index (κ3) is 2.39. The first-order chi connectivity index (χ1) is 6.06. The molecular formula is C8H6BrClO2S. The summed E-state index contributed by atoms with van der Waals surface area (Å²) >= 11 is 10.5. The Balaban J connectivity index is 3.31. The van der Waals surface area contributed by atoms with Crippen LogP contribution in [0.2, 0.25) is 5.02 Å². The van der Waals surface area contributed by atoms with Crippen LogP contribution in [0.3, 0.4) is 0 Å². The number of carboxylic acid groups (broad SMARTS) is 1. The number of carboxylic acids is 1.